The molecular weight excluding hydrogens is 416 g/mol. The van der Waals surface area contributed by atoms with Gasteiger partial charge >= 0.3 is 0 Å². The molecule has 7 heteroatoms. The molecule has 0 aliphatic rings. The standard InChI is InChI=1S/C19H21BrN2O3S/c1-22(13-14-6-4-3-5-7-14)19(26)21-18(23)15-8-9-17(16(20)12-15)25-11-10-24-2/h3-9,12H,10-11,13H2,1-2H3,(H,21,23,26). The Morgan fingerprint density at radius 1 is 1.19 bits per heavy atom. The average molecular weight is 437 g/mol. The molecule has 0 atom stereocenters. The minimum absolute atomic E-state index is 0.265. The molecule has 0 spiro atoms. The maximum atomic E-state index is 12.4. The molecule has 0 aromatic heterocycles. The van der Waals surface area contributed by atoms with Crippen LogP contribution in [0.5, 0.6) is 5.75 Å². The molecule has 0 saturated heterocycles. The van der Waals surface area contributed by atoms with Crippen molar-refractivity contribution in [1.82, 2.24) is 10.2 Å². The zero-order valence-electron chi connectivity index (χ0n) is 14.7. The summed E-state index contributed by atoms with van der Waals surface area (Å²) >= 11 is 8.74. The van der Waals surface area contributed by atoms with Crippen molar-refractivity contribution in [2.24, 2.45) is 0 Å². The molecule has 0 aliphatic carbocycles. The van der Waals surface area contributed by atoms with Crippen LogP contribution >= 0.6 is 28.1 Å². The number of amides is 1. The van der Waals surface area contributed by atoms with Gasteiger partial charge in [0.1, 0.15) is 12.4 Å². The second-order valence-corrected chi connectivity index (χ2v) is 6.83. The van der Waals surface area contributed by atoms with Gasteiger partial charge in [0.2, 0.25) is 0 Å². The van der Waals surface area contributed by atoms with Crippen LogP contribution in [0.1, 0.15) is 15.9 Å². The summed E-state index contributed by atoms with van der Waals surface area (Å²) in [5.74, 6) is 0.390. The molecule has 0 unspecified atom stereocenters. The number of methoxy groups -OCH3 is 1. The van der Waals surface area contributed by atoms with Crippen molar-refractivity contribution in [2.45, 2.75) is 6.54 Å². The number of rotatable bonds is 7. The van der Waals surface area contributed by atoms with Crippen LogP contribution in [0.25, 0.3) is 0 Å². The maximum Gasteiger partial charge on any atom is 0.257 e. The molecule has 0 radical (unpaired) electrons. The topological polar surface area (TPSA) is 50.8 Å². The van der Waals surface area contributed by atoms with Crippen LogP contribution in [0.4, 0.5) is 0 Å². The van der Waals surface area contributed by atoms with Crippen LogP contribution in [0.3, 0.4) is 0 Å². The van der Waals surface area contributed by atoms with Crippen molar-refractivity contribution < 1.29 is 14.3 Å². The Bertz CT molecular complexity index is 756. The van der Waals surface area contributed by atoms with E-state index in [1.807, 2.05) is 42.3 Å². The van der Waals surface area contributed by atoms with Gasteiger partial charge in [-0.1, -0.05) is 30.3 Å². The molecule has 1 amide bonds. The van der Waals surface area contributed by atoms with Crippen LogP contribution in [0, 0.1) is 0 Å². The predicted molar refractivity (Wildman–Crippen MR) is 109 cm³/mol. The molecule has 1 N–H and O–H groups in total. The van der Waals surface area contributed by atoms with Crippen LogP contribution in [0.2, 0.25) is 0 Å². The zero-order chi connectivity index (χ0) is 18.9. The number of carbonyl (C=O) groups is 1. The van der Waals surface area contributed by atoms with Gasteiger partial charge in [-0.25, -0.2) is 0 Å². The molecule has 138 valence electrons. The number of carbonyl (C=O) groups excluding carboxylic acids is 1. The summed E-state index contributed by atoms with van der Waals surface area (Å²) < 4.78 is 11.2. The fourth-order valence-corrected chi connectivity index (χ4v) is 2.84. The Morgan fingerprint density at radius 3 is 2.58 bits per heavy atom. The molecule has 2 aromatic rings. The van der Waals surface area contributed by atoms with Gasteiger partial charge in [-0.05, 0) is 51.9 Å². The minimum Gasteiger partial charge on any atom is -0.490 e. The third-order valence-corrected chi connectivity index (χ3v) is 4.60. The minimum atomic E-state index is -0.265. The molecule has 2 aromatic carbocycles. The van der Waals surface area contributed by atoms with E-state index in [0.29, 0.717) is 40.7 Å². The van der Waals surface area contributed by atoms with Crippen LogP contribution in [-0.4, -0.2) is 43.3 Å². The van der Waals surface area contributed by atoms with Crippen molar-refractivity contribution in [1.29, 1.82) is 0 Å². The third kappa shape index (κ3) is 6.09. The van der Waals surface area contributed by atoms with E-state index in [9.17, 15) is 4.79 Å². The Labute approximate surface area is 167 Å². The van der Waals surface area contributed by atoms with E-state index >= 15 is 0 Å². The molecule has 0 saturated carbocycles. The number of halogens is 1. The first-order valence-corrected chi connectivity index (χ1v) is 9.23. The highest BCUT2D eigenvalue weighted by Gasteiger charge is 2.13. The van der Waals surface area contributed by atoms with Gasteiger partial charge in [0.05, 0.1) is 11.1 Å². The highest BCUT2D eigenvalue weighted by molar-refractivity contribution is 9.10. The largest absolute Gasteiger partial charge is 0.490 e. The molecule has 26 heavy (non-hydrogen) atoms. The summed E-state index contributed by atoms with van der Waals surface area (Å²) in [4.78, 5) is 14.2. The normalized spacial score (nSPS) is 10.3. The Hall–Kier alpha value is -1.96. The smallest absolute Gasteiger partial charge is 0.257 e. The molecule has 5 nitrogen and oxygen atoms in total. The van der Waals surface area contributed by atoms with Gasteiger partial charge in [0.15, 0.2) is 5.11 Å². The first kappa shape index (κ1) is 20.4. The van der Waals surface area contributed by atoms with Crippen molar-refractivity contribution >= 4 is 39.2 Å². The lowest BCUT2D eigenvalue weighted by atomic mass is 10.2. The van der Waals surface area contributed by atoms with E-state index < -0.39 is 0 Å². The van der Waals surface area contributed by atoms with E-state index in [-0.39, 0.29) is 5.91 Å². The lowest BCUT2D eigenvalue weighted by Crippen LogP contribution is -2.40. The van der Waals surface area contributed by atoms with E-state index in [2.05, 4.69) is 21.2 Å². The quantitative estimate of drug-likeness (QED) is 0.530. The van der Waals surface area contributed by atoms with Crippen LogP contribution in [0.15, 0.2) is 53.0 Å². The Kier molecular flexibility index (Phi) is 8.03. The van der Waals surface area contributed by atoms with Gasteiger partial charge in [0.25, 0.3) is 5.91 Å². The highest BCUT2D eigenvalue weighted by atomic mass is 79.9. The molecule has 0 fully saturated rings. The zero-order valence-corrected chi connectivity index (χ0v) is 17.1. The summed E-state index contributed by atoms with van der Waals surface area (Å²) in [6, 6.07) is 15.1. The third-order valence-electron chi connectivity index (χ3n) is 3.57. The predicted octanol–water partition coefficient (Wildman–Crippen LogP) is 3.62. The monoisotopic (exact) mass is 436 g/mol. The first-order chi connectivity index (χ1) is 12.5. The van der Waals surface area contributed by atoms with E-state index in [0.717, 1.165) is 5.56 Å². The summed E-state index contributed by atoms with van der Waals surface area (Å²) in [7, 11) is 3.46. The Balaban J connectivity index is 1.93. The SMILES string of the molecule is COCCOc1ccc(C(=O)NC(=S)N(C)Cc2ccccc2)cc1Br. The number of hydrogen-bond acceptors (Lipinski definition) is 4. The fourth-order valence-electron chi connectivity index (χ4n) is 2.19. The molecule has 2 rings (SSSR count). The van der Waals surface area contributed by atoms with Gasteiger partial charge < -0.3 is 14.4 Å². The number of nitrogens with one attached hydrogen (secondary N) is 1. The lowest BCUT2D eigenvalue weighted by molar-refractivity contribution is 0.0973. The molecular formula is C19H21BrN2O3S. The van der Waals surface area contributed by atoms with Crippen LogP contribution in [-0.2, 0) is 11.3 Å². The van der Waals surface area contributed by atoms with Crippen molar-refractivity contribution in [3.05, 3.63) is 64.1 Å². The molecule has 0 aliphatic heterocycles. The van der Waals surface area contributed by atoms with E-state index in [1.54, 1.807) is 25.3 Å². The summed E-state index contributed by atoms with van der Waals surface area (Å²) in [5, 5.41) is 3.12. The summed E-state index contributed by atoms with van der Waals surface area (Å²) in [6.45, 7) is 1.56. The lowest BCUT2D eigenvalue weighted by Gasteiger charge is -2.20. The maximum absolute atomic E-state index is 12.4. The van der Waals surface area contributed by atoms with Gasteiger partial charge in [-0.15, -0.1) is 0 Å². The number of benzene rings is 2. The number of nitrogens with zero attached hydrogens (tertiary/aromatic N) is 1. The van der Waals surface area contributed by atoms with E-state index in [1.165, 1.54) is 0 Å². The second kappa shape index (κ2) is 10.3. The second-order valence-electron chi connectivity index (χ2n) is 5.59. The Morgan fingerprint density at radius 2 is 1.92 bits per heavy atom. The summed E-state index contributed by atoms with van der Waals surface area (Å²) in [5.41, 5.74) is 1.61. The highest BCUT2D eigenvalue weighted by Crippen LogP contribution is 2.26. The first-order valence-electron chi connectivity index (χ1n) is 8.03. The number of ether oxygens (including phenoxy) is 2. The molecule has 0 heterocycles. The summed E-state index contributed by atoms with van der Waals surface area (Å²) in [6.07, 6.45) is 0. The van der Waals surface area contributed by atoms with Crippen molar-refractivity contribution in [3.8, 4) is 5.75 Å². The van der Waals surface area contributed by atoms with Crippen molar-refractivity contribution in [3.63, 3.8) is 0 Å². The van der Waals surface area contributed by atoms with Gasteiger partial charge in [0, 0.05) is 26.3 Å². The van der Waals surface area contributed by atoms with Gasteiger partial charge in [-0.3, -0.25) is 10.1 Å². The fraction of sp³-hybridized carbons (Fsp3) is 0.263. The number of thiocarbonyl (C=S) groups is 1. The van der Waals surface area contributed by atoms with Gasteiger partial charge in [-0.2, -0.15) is 0 Å². The molecule has 0 bridgehead atoms. The van der Waals surface area contributed by atoms with E-state index in [4.69, 9.17) is 21.7 Å². The average Bonchev–Trinajstić information content (AvgIpc) is 2.63. The van der Waals surface area contributed by atoms with Crippen LogP contribution < -0.4 is 10.1 Å². The van der Waals surface area contributed by atoms with Crippen molar-refractivity contribution in [2.75, 3.05) is 27.4 Å². The number of hydrogen-bond donors (Lipinski definition) is 1.